The summed E-state index contributed by atoms with van der Waals surface area (Å²) in [6.45, 7) is 4.36. The number of carbonyl (C=O) groups excluding carboxylic acids is 1. The van der Waals surface area contributed by atoms with Crippen LogP contribution in [0, 0.1) is 12.8 Å². The average Bonchev–Trinajstić information content (AvgIpc) is 2.90. The molecule has 122 valence electrons. The molecular formula is C18H22N2OS2. The van der Waals surface area contributed by atoms with E-state index < -0.39 is 0 Å². The molecule has 1 aromatic heterocycles. The van der Waals surface area contributed by atoms with E-state index in [9.17, 15) is 4.79 Å². The van der Waals surface area contributed by atoms with Crippen LogP contribution in [0.1, 0.15) is 35.9 Å². The van der Waals surface area contributed by atoms with E-state index in [0.29, 0.717) is 6.42 Å². The van der Waals surface area contributed by atoms with E-state index in [2.05, 4.69) is 48.4 Å². The van der Waals surface area contributed by atoms with E-state index in [-0.39, 0.29) is 5.91 Å². The van der Waals surface area contributed by atoms with Crippen molar-refractivity contribution >= 4 is 34.1 Å². The molecule has 1 N–H and O–H groups in total. The first-order valence-corrected chi connectivity index (χ1v) is 9.88. The van der Waals surface area contributed by atoms with Crippen molar-refractivity contribution in [3.8, 4) is 0 Å². The Kier molecular flexibility index (Phi) is 5.38. The minimum absolute atomic E-state index is 0.0590. The summed E-state index contributed by atoms with van der Waals surface area (Å²) in [5, 5.41) is 3.74. The van der Waals surface area contributed by atoms with Gasteiger partial charge in [0.05, 0.1) is 5.69 Å². The monoisotopic (exact) mass is 346 g/mol. The molecule has 3 rings (SSSR count). The number of thioether (sulfide) groups is 1. The summed E-state index contributed by atoms with van der Waals surface area (Å²) < 4.78 is 0. The Hall–Kier alpha value is -1.33. The molecule has 0 fully saturated rings. The maximum absolute atomic E-state index is 12.1. The van der Waals surface area contributed by atoms with Crippen molar-refractivity contribution in [3.63, 3.8) is 0 Å². The van der Waals surface area contributed by atoms with E-state index in [1.807, 2.05) is 0 Å². The second-order valence-electron chi connectivity index (χ2n) is 6.20. The number of amides is 1. The van der Waals surface area contributed by atoms with Crippen LogP contribution in [0.25, 0.3) is 0 Å². The zero-order valence-corrected chi connectivity index (χ0v) is 15.2. The maximum Gasteiger partial charge on any atom is 0.226 e. The molecule has 1 amide bonds. The largest absolute Gasteiger partial charge is 0.302 e. The van der Waals surface area contributed by atoms with Crippen molar-refractivity contribution < 1.29 is 4.79 Å². The molecule has 0 bridgehead atoms. The molecule has 1 unspecified atom stereocenters. The molecule has 1 atom stereocenters. The highest BCUT2D eigenvalue weighted by atomic mass is 32.2. The van der Waals surface area contributed by atoms with Gasteiger partial charge in [-0.05, 0) is 44.2 Å². The van der Waals surface area contributed by atoms with Gasteiger partial charge < -0.3 is 5.32 Å². The third-order valence-corrected chi connectivity index (χ3v) is 6.10. The molecular weight excluding hydrogens is 324 g/mol. The minimum atomic E-state index is 0.0590. The molecule has 0 aliphatic heterocycles. The second-order valence-corrected chi connectivity index (χ2v) is 8.45. The zero-order valence-electron chi connectivity index (χ0n) is 13.6. The molecule has 2 aromatic rings. The van der Waals surface area contributed by atoms with Crippen LogP contribution >= 0.6 is 23.1 Å². The van der Waals surface area contributed by atoms with E-state index >= 15 is 0 Å². The first-order chi connectivity index (χ1) is 11.1. The summed E-state index contributed by atoms with van der Waals surface area (Å²) in [4.78, 5) is 19.2. The molecule has 1 aromatic carbocycles. The number of hydrogen-bond acceptors (Lipinski definition) is 4. The Labute approximate surface area is 145 Å². The fourth-order valence-electron chi connectivity index (χ4n) is 2.67. The van der Waals surface area contributed by atoms with Crippen molar-refractivity contribution in [2.45, 2.75) is 44.4 Å². The number of thiazole rings is 1. The van der Waals surface area contributed by atoms with Gasteiger partial charge in [-0.1, -0.05) is 24.6 Å². The topological polar surface area (TPSA) is 42.0 Å². The van der Waals surface area contributed by atoms with Crippen LogP contribution in [-0.4, -0.2) is 16.6 Å². The number of hydrogen-bond donors (Lipinski definition) is 1. The first-order valence-electron chi connectivity index (χ1n) is 8.08. The van der Waals surface area contributed by atoms with Gasteiger partial charge >= 0.3 is 0 Å². The van der Waals surface area contributed by atoms with Crippen molar-refractivity contribution in [2.75, 3.05) is 11.1 Å². The Morgan fingerprint density at radius 1 is 1.39 bits per heavy atom. The summed E-state index contributed by atoms with van der Waals surface area (Å²) in [5.74, 6) is 1.58. The van der Waals surface area contributed by atoms with Gasteiger partial charge in [0.15, 0.2) is 5.13 Å². The number of anilines is 1. The Balaban J connectivity index is 1.47. The number of benzene rings is 1. The second kappa shape index (κ2) is 7.49. The van der Waals surface area contributed by atoms with E-state index in [1.165, 1.54) is 27.5 Å². The van der Waals surface area contributed by atoms with Crippen LogP contribution < -0.4 is 5.32 Å². The van der Waals surface area contributed by atoms with Gasteiger partial charge in [-0.3, -0.25) is 4.79 Å². The third-order valence-electron chi connectivity index (χ3n) is 4.05. The Morgan fingerprint density at radius 2 is 2.17 bits per heavy atom. The van der Waals surface area contributed by atoms with Gasteiger partial charge in [0.2, 0.25) is 5.91 Å². The molecule has 1 aliphatic carbocycles. The maximum atomic E-state index is 12.1. The third kappa shape index (κ3) is 4.58. The van der Waals surface area contributed by atoms with Crippen LogP contribution in [0.4, 0.5) is 5.13 Å². The van der Waals surface area contributed by atoms with Gasteiger partial charge in [0.25, 0.3) is 0 Å². The van der Waals surface area contributed by atoms with Crippen molar-refractivity contribution in [3.05, 3.63) is 40.4 Å². The summed E-state index contributed by atoms with van der Waals surface area (Å²) >= 11 is 3.37. The number of fused-ring (bicyclic) bond motifs is 1. The van der Waals surface area contributed by atoms with Gasteiger partial charge in [0.1, 0.15) is 0 Å². The number of aryl methyl sites for hydroxylation is 2. The van der Waals surface area contributed by atoms with Gasteiger partial charge in [0, 0.05) is 21.9 Å². The Morgan fingerprint density at radius 3 is 2.96 bits per heavy atom. The highest BCUT2D eigenvalue weighted by Crippen LogP contribution is 2.32. The van der Waals surface area contributed by atoms with Gasteiger partial charge in [-0.25, -0.2) is 4.98 Å². The van der Waals surface area contributed by atoms with Crippen molar-refractivity contribution in [2.24, 2.45) is 5.92 Å². The molecule has 1 heterocycles. The highest BCUT2D eigenvalue weighted by molar-refractivity contribution is 7.99. The van der Waals surface area contributed by atoms with E-state index in [4.69, 9.17) is 0 Å². The SMILES string of the molecule is Cc1ccc(SCCC(=O)Nc2nc3c(s2)CC(C)CC3)cc1. The summed E-state index contributed by atoms with van der Waals surface area (Å²) in [5.41, 5.74) is 2.45. The molecule has 1 aliphatic rings. The van der Waals surface area contributed by atoms with E-state index in [1.54, 1.807) is 23.1 Å². The molecule has 23 heavy (non-hydrogen) atoms. The standard InChI is InChI=1S/C18H22N2OS2/c1-12-3-6-14(7-4-12)22-10-9-17(21)20-18-19-15-8-5-13(2)11-16(15)23-18/h3-4,6-7,13H,5,8-11H2,1-2H3,(H,19,20,21). The number of nitrogens with zero attached hydrogens (tertiary/aromatic N) is 1. The molecule has 0 spiro atoms. The fourth-order valence-corrected chi connectivity index (χ4v) is 4.71. The van der Waals surface area contributed by atoms with E-state index in [0.717, 1.165) is 29.6 Å². The van der Waals surface area contributed by atoms with Crippen LogP contribution in [0.3, 0.4) is 0 Å². The summed E-state index contributed by atoms with van der Waals surface area (Å²) in [7, 11) is 0. The van der Waals surface area contributed by atoms with Crippen LogP contribution in [0.2, 0.25) is 0 Å². The number of aromatic nitrogens is 1. The number of nitrogens with one attached hydrogen (secondary N) is 1. The van der Waals surface area contributed by atoms with Crippen LogP contribution in [-0.2, 0) is 17.6 Å². The molecule has 0 radical (unpaired) electrons. The van der Waals surface area contributed by atoms with Gasteiger partial charge in [-0.15, -0.1) is 23.1 Å². The predicted molar refractivity (Wildman–Crippen MR) is 98.5 cm³/mol. The molecule has 0 saturated heterocycles. The van der Waals surface area contributed by atoms with Gasteiger partial charge in [-0.2, -0.15) is 0 Å². The lowest BCUT2D eigenvalue weighted by Gasteiger charge is -2.15. The van der Waals surface area contributed by atoms with Crippen LogP contribution in [0.15, 0.2) is 29.2 Å². The Bertz CT molecular complexity index is 679. The van der Waals surface area contributed by atoms with Crippen molar-refractivity contribution in [1.82, 2.24) is 4.98 Å². The zero-order chi connectivity index (χ0) is 16.2. The lowest BCUT2D eigenvalue weighted by Crippen LogP contribution is -2.12. The molecule has 3 nitrogen and oxygen atoms in total. The number of rotatable bonds is 5. The average molecular weight is 347 g/mol. The quantitative estimate of drug-likeness (QED) is 0.798. The lowest BCUT2D eigenvalue weighted by atomic mass is 9.93. The highest BCUT2D eigenvalue weighted by Gasteiger charge is 2.20. The number of carbonyl (C=O) groups is 1. The summed E-state index contributed by atoms with van der Waals surface area (Å²) in [6.07, 6.45) is 3.87. The van der Waals surface area contributed by atoms with Crippen molar-refractivity contribution in [1.29, 1.82) is 0 Å². The van der Waals surface area contributed by atoms with Crippen LogP contribution in [0.5, 0.6) is 0 Å². The lowest BCUT2D eigenvalue weighted by molar-refractivity contribution is -0.115. The molecule has 0 saturated carbocycles. The first kappa shape index (κ1) is 16.5. The fraction of sp³-hybridized carbons (Fsp3) is 0.444. The normalized spacial score (nSPS) is 16.9. The summed E-state index contributed by atoms with van der Waals surface area (Å²) in [6, 6.07) is 8.41. The molecule has 5 heteroatoms. The minimum Gasteiger partial charge on any atom is -0.302 e. The smallest absolute Gasteiger partial charge is 0.226 e. The predicted octanol–water partition coefficient (Wildman–Crippen LogP) is 4.70.